The summed E-state index contributed by atoms with van der Waals surface area (Å²) in [5, 5.41) is 7.03. The first kappa shape index (κ1) is 17.2. The van der Waals surface area contributed by atoms with Gasteiger partial charge in [-0.1, -0.05) is 12.1 Å². The van der Waals surface area contributed by atoms with Crippen LogP contribution in [0.2, 0.25) is 0 Å². The van der Waals surface area contributed by atoms with Crippen molar-refractivity contribution in [3.05, 3.63) is 54.4 Å². The summed E-state index contributed by atoms with van der Waals surface area (Å²) in [7, 11) is 5.89. The monoisotopic (exact) mass is 331 g/mol. The lowest BCUT2D eigenvalue weighted by atomic mass is 10.1. The Morgan fingerprint density at radius 1 is 1.26 bits per heavy atom. The Morgan fingerprint density at radius 3 is 2.70 bits per heavy atom. The van der Waals surface area contributed by atoms with E-state index in [2.05, 4.69) is 35.8 Å². The smallest absolute Gasteiger partial charge is 0.171 e. The number of pyridine rings is 1. The lowest BCUT2D eigenvalue weighted by Gasteiger charge is -2.23. The van der Waals surface area contributed by atoms with Crippen molar-refractivity contribution in [3.63, 3.8) is 0 Å². The van der Waals surface area contributed by atoms with E-state index in [0.29, 0.717) is 5.11 Å². The zero-order valence-electron chi connectivity index (χ0n) is 13.7. The first-order valence-corrected chi connectivity index (χ1v) is 7.90. The average molecular weight is 331 g/mol. The van der Waals surface area contributed by atoms with Gasteiger partial charge in [0.15, 0.2) is 5.11 Å². The Bertz CT molecular complexity index is 634. The molecule has 1 aromatic heterocycles. The molecule has 3 N–H and O–H groups in total. The second-order valence-electron chi connectivity index (χ2n) is 5.45. The molecular formula is C17H23N4OS+. The molecule has 2 rings (SSSR count). The predicted octanol–water partition coefficient (Wildman–Crippen LogP) is 1.26. The molecule has 0 aliphatic rings. The summed E-state index contributed by atoms with van der Waals surface area (Å²) in [4.78, 5) is 5.51. The molecule has 0 fully saturated rings. The van der Waals surface area contributed by atoms with Crippen LogP contribution in [-0.2, 0) is 0 Å². The maximum absolute atomic E-state index is 5.40. The fraction of sp³-hybridized carbons (Fsp3) is 0.294. The molecule has 0 aliphatic heterocycles. The highest BCUT2D eigenvalue weighted by Crippen LogP contribution is 2.22. The number of hydrogen-bond donors (Lipinski definition) is 3. The average Bonchev–Trinajstić information content (AvgIpc) is 2.56. The third-order valence-corrected chi connectivity index (χ3v) is 3.85. The Balaban J connectivity index is 1.97. The zero-order chi connectivity index (χ0) is 16.7. The van der Waals surface area contributed by atoms with Gasteiger partial charge in [-0.3, -0.25) is 4.98 Å². The van der Waals surface area contributed by atoms with Crippen molar-refractivity contribution in [1.82, 2.24) is 10.3 Å². The second kappa shape index (κ2) is 8.45. The van der Waals surface area contributed by atoms with Crippen LogP contribution in [0.15, 0.2) is 48.8 Å². The fourth-order valence-electron chi connectivity index (χ4n) is 2.35. The Kier molecular flexibility index (Phi) is 6.31. The Hall–Kier alpha value is -2.18. The SMILES string of the molecule is COc1ccccc1NC(=S)NCC(c1cccnc1)[NH+](C)C. The number of para-hydroxylation sites is 2. The molecule has 1 unspecified atom stereocenters. The van der Waals surface area contributed by atoms with E-state index < -0.39 is 0 Å². The van der Waals surface area contributed by atoms with Crippen molar-refractivity contribution in [3.8, 4) is 5.75 Å². The summed E-state index contributed by atoms with van der Waals surface area (Å²) >= 11 is 5.40. The number of hydrogen-bond acceptors (Lipinski definition) is 3. The van der Waals surface area contributed by atoms with Crippen LogP contribution in [0.5, 0.6) is 5.75 Å². The van der Waals surface area contributed by atoms with Crippen LogP contribution in [0.1, 0.15) is 11.6 Å². The van der Waals surface area contributed by atoms with Crippen molar-refractivity contribution >= 4 is 23.0 Å². The summed E-state index contributed by atoms with van der Waals surface area (Å²) in [5.41, 5.74) is 2.03. The third kappa shape index (κ3) is 4.91. The summed E-state index contributed by atoms with van der Waals surface area (Å²) in [5.74, 6) is 0.763. The van der Waals surface area contributed by atoms with Gasteiger partial charge in [-0.2, -0.15) is 0 Å². The zero-order valence-corrected chi connectivity index (χ0v) is 14.5. The minimum Gasteiger partial charge on any atom is -0.495 e. The number of benzene rings is 1. The van der Waals surface area contributed by atoms with Crippen LogP contribution in [0, 0.1) is 0 Å². The highest BCUT2D eigenvalue weighted by molar-refractivity contribution is 7.80. The number of anilines is 1. The van der Waals surface area contributed by atoms with Crippen molar-refractivity contribution in [2.45, 2.75) is 6.04 Å². The van der Waals surface area contributed by atoms with E-state index in [1.54, 1.807) is 13.3 Å². The van der Waals surface area contributed by atoms with Crippen molar-refractivity contribution in [1.29, 1.82) is 0 Å². The third-order valence-electron chi connectivity index (χ3n) is 3.61. The Morgan fingerprint density at radius 2 is 2.04 bits per heavy atom. The van der Waals surface area contributed by atoms with Crippen LogP contribution in [-0.4, -0.2) is 37.8 Å². The van der Waals surface area contributed by atoms with Gasteiger partial charge in [0, 0.05) is 18.0 Å². The fourth-order valence-corrected chi connectivity index (χ4v) is 2.54. The van der Waals surface area contributed by atoms with Crippen LogP contribution in [0.4, 0.5) is 5.69 Å². The van der Waals surface area contributed by atoms with Gasteiger partial charge in [0.25, 0.3) is 0 Å². The van der Waals surface area contributed by atoms with Gasteiger partial charge in [0.05, 0.1) is 33.4 Å². The number of thiocarbonyl (C=S) groups is 1. The molecule has 122 valence electrons. The first-order valence-electron chi connectivity index (χ1n) is 7.49. The molecule has 5 nitrogen and oxygen atoms in total. The Labute approximate surface area is 142 Å². The van der Waals surface area contributed by atoms with Gasteiger partial charge >= 0.3 is 0 Å². The number of aromatic nitrogens is 1. The largest absolute Gasteiger partial charge is 0.495 e. The number of likely N-dealkylation sites (N-methyl/N-ethyl adjacent to an activating group) is 1. The van der Waals surface area contributed by atoms with Gasteiger partial charge in [-0.15, -0.1) is 0 Å². The van der Waals surface area contributed by atoms with Gasteiger partial charge in [-0.05, 0) is 36.5 Å². The maximum Gasteiger partial charge on any atom is 0.171 e. The van der Waals surface area contributed by atoms with E-state index in [1.165, 1.54) is 10.5 Å². The molecule has 0 radical (unpaired) electrons. The van der Waals surface area contributed by atoms with E-state index in [4.69, 9.17) is 17.0 Å². The van der Waals surface area contributed by atoms with Gasteiger partial charge in [0.1, 0.15) is 11.8 Å². The number of rotatable bonds is 6. The summed E-state index contributed by atoms with van der Waals surface area (Å²) < 4.78 is 5.32. The number of nitrogens with zero attached hydrogens (tertiary/aromatic N) is 1. The van der Waals surface area contributed by atoms with Crippen LogP contribution in [0.25, 0.3) is 0 Å². The number of methoxy groups -OCH3 is 1. The molecule has 1 aromatic carbocycles. The van der Waals surface area contributed by atoms with E-state index in [-0.39, 0.29) is 6.04 Å². The van der Waals surface area contributed by atoms with E-state index in [9.17, 15) is 0 Å². The second-order valence-corrected chi connectivity index (χ2v) is 5.86. The van der Waals surface area contributed by atoms with Gasteiger partial charge < -0.3 is 20.3 Å². The number of quaternary nitrogens is 1. The molecular weight excluding hydrogens is 308 g/mol. The molecule has 0 amide bonds. The molecule has 6 heteroatoms. The van der Waals surface area contributed by atoms with Crippen molar-refractivity contribution < 1.29 is 9.64 Å². The molecule has 1 heterocycles. The van der Waals surface area contributed by atoms with Gasteiger partial charge in [-0.25, -0.2) is 0 Å². The van der Waals surface area contributed by atoms with E-state index in [1.807, 2.05) is 36.5 Å². The highest BCUT2D eigenvalue weighted by atomic mass is 32.1. The molecule has 0 spiro atoms. The summed E-state index contributed by atoms with van der Waals surface area (Å²) in [6.07, 6.45) is 3.68. The van der Waals surface area contributed by atoms with Crippen molar-refractivity contribution in [2.75, 3.05) is 33.1 Å². The summed E-state index contributed by atoms with van der Waals surface area (Å²) in [6.45, 7) is 0.717. The van der Waals surface area contributed by atoms with E-state index in [0.717, 1.165) is 18.0 Å². The molecule has 2 aromatic rings. The lowest BCUT2D eigenvalue weighted by molar-refractivity contribution is -0.890. The minimum atomic E-state index is 0.265. The quantitative estimate of drug-likeness (QED) is 0.696. The topological polar surface area (TPSA) is 50.6 Å². The number of ether oxygens (including phenoxy) is 1. The van der Waals surface area contributed by atoms with Gasteiger partial charge in [0.2, 0.25) is 0 Å². The minimum absolute atomic E-state index is 0.265. The maximum atomic E-state index is 5.40. The highest BCUT2D eigenvalue weighted by Gasteiger charge is 2.18. The van der Waals surface area contributed by atoms with E-state index >= 15 is 0 Å². The standard InChI is InChI=1S/C17H22N4OS/c1-21(2)15(13-7-6-10-18-11-13)12-19-17(23)20-14-8-4-5-9-16(14)22-3/h4-11,15H,12H2,1-3H3,(H2,19,20,23)/p+1. The lowest BCUT2D eigenvalue weighted by Crippen LogP contribution is -3.07. The van der Waals surface area contributed by atoms with Crippen molar-refractivity contribution in [2.24, 2.45) is 0 Å². The first-order chi connectivity index (χ1) is 11.1. The van der Waals surface area contributed by atoms with Crippen LogP contribution in [0.3, 0.4) is 0 Å². The molecule has 0 saturated heterocycles. The molecule has 23 heavy (non-hydrogen) atoms. The molecule has 1 atom stereocenters. The predicted molar refractivity (Wildman–Crippen MR) is 97.0 cm³/mol. The van der Waals surface area contributed by atoms with Crippen LogP contribution < -0.4 is 20.3 Å². The van der Waals surface area contributed by atoms with Crippen LogP contribution >= 0.6 is 12.2 Å². The molecule has 0 aliphatic carbocycles. The molecule has 0 saturated carbocycles. The summed E-state index contributed by atoms with van der Waals surface area (Å²) in [6, 6.07) is 12.0. The molecule has 0 bridgehead atoms. The normalized spacial score (nSPS) is 11.8. The number of nitrogens with one attached hydrogen (secondary N) is 3.